The van der Waals surface area contributed by atoms with E-state index >= 15 is 0 Å². The Bertz CT molecular complexity index is 1210. The minimum absolute atomic E-state index is 0.198. The van der Waals surface area contributed by atoms with E-state index in [0.29, 0.717) is 25.0 Å². The zero-order valence-corrected chi connectivity index (χ0v) is 21.2. The number of hydrogen-bond donors (Lipinski definition) is 1. The van der Waals surface area contributed by atoms with Crippen LogP contribution in [0.15, 0.2) is 23.0 Å². The second kappa shape index (κ2) is 9.49. The predicted molar refractivity (Wildman–Crippen MR) is 131 cm³/mol. The Morgan fingerprint density at radius 1 is 1.11 bits per heavy atom. The zero-order valence-electron chi connectivity index (χ0n) is 21.2. The van der Waals surface area contributed by atoms with Gasteiger partial charge < -0.3 is 9.64 Å². The van der Waals surface area contributed by atoms with E-state index < -0.39 is 17.6 Å². The molecule has 1 aromatic heterocycles. The average Bonchev–Trinajstić information content (AvgIpc) is 3.02. The van der Waals surface area contributed by atoms with E-state index in [1.54, 1.807) is 16.5 Å². The molecule has 0 aliphatic carbocycles. The number of carbonyl (C=O) groups is 3. The largest absolute Gasteiger partial charge is 0.444 e. The summed E-state index contributed by atoms with van der Waals surface area (Å²) < 4.78 is 8.60. The van der Waals surface area contributed by atoms with Crippen LogP contribution in [0.1, 0.15) is 51.6 Å². The second-order valence-corrected chi connectivity index (χ2v) is 10.6. The SMILES string of the molecule is CN1CCN(C(=O)OC(C)(C)C)C[C@@H]1CCc1ccc2c(c1)n(C)c(=O)n2C1CCC(=O)NC1=O. The van der Waals surface area contributed by atoms with Gasteiger partial charge in [0.15, 0.2) is 0 Å². The zero-order chi connectivity index (χ0) is 25.5. The number of aryl methyl sites for hydroxylation is 2. The summed E-state index contributed by atoms with van der Waals surface area (Å²) in [5, 5.41) is 2.34. The third kappa shape index (κ3) is 5.27. The standard InChI is InChI=1S/C25H35N5O5/c1-25(2,3)35-24(34)29-13-12-27(4)17(15-29)8-6-16-7-9-18-20(14-16)28(5)23(33)30(18)19-10-11-21(31)26-22(19)32/h7,9,14,17,19H,6,8,10-13,15H2,1-5H3,(H,26,31,32)/t17-,19?/m0/s1. The molecule has 2 aliphatic rings. The van der Waals surface area contributed by atoms with E-state index in [1.807, 2.05) is 39.0 Å². The molecular weight excluding hydrogens is 450 g/mol. The molecule has 35 heavy (non-hydrogen) atoms. The van der Waals surface area contributed by atoms with Crippen LogP contribution in [-0.2, 0) is 27.8 Å². The molecule has 2 saturated heterocycles. The van der Waals surface area contributed by atoms with Crippen molar-refractivity contribution in [1.29, 1.82) is 0 Å². The van der Waals surface area contributed by atoms with E-state index in [2.05, 4.69) is 17.3 Å². The lowest BCUT2D eigenvalue weighted by Crippen LogP contribution is -2.54. The van der Waals surface area contributed by atoms with Crippen molar-refractivity contribution in [3.05, 3.63) is 34.2 Å². The van der Waals surface area contributed by atoms with Gasteiger partial charge in [0, 0.05) is 39.1 Å². The summed E-state index contributed by atoms with van der Waals surface area (Å²) in [6, 6.07) is 5.37. The maximum Gasteiger partial charge on any atom is 0.410 e. The second-order valence-electron chi connectivity index (χ2n) is 10.6. The van der Waals surface area contributed by atoms with Gasteiger partial charge in [-0.25, -0.2) is 9.59 Å². The summed E-state index contributed by atoms with van der Waals surface area (Å²) in [4.78, 5) is 53.5. The van der Waals surface area contributed by atoms with Gasteiger partial charge in [0.1, 0.15) is 11.6 Å². The number of rotatable bonds is 4. The van der Waals surface area contributed by atoms with E-state index in [4.69, 9.17) is 4.74 Å². The molecule has 0 spiro atoms. The van der Waals surface area contributed by atoms with Crippen LogP contribution in [0.3, 0.4) is 0 Å². The number of amides is 3. The summed E-state index contributed by atoms with van der Waals surface area (Å²) in [5.74, 6) is -0.741. The predicted octanol–water partition coefficient (Wildman–Crippen LogP) is 1.80. The third-order valence-electron chi connectivity index (χ3n) is 6.87. The number of piperidine rings is 1. The molecule has 1 unspecified atom stereocenters. The van der Waals surface area contributed by atoms with Gasteiger partial charge in [-0.2, -0.15) is 0 Å². The van der Waals surface area contributed by atoms with Gasteiger partial charge in [-0.1, -0.05) is 6.07 Å². The number of likely N-dealkylation sites (N-methyl/N-ethyl adjacent to an activating group) is 1. The highest BCUT2D eigenvalue weighted by Crippen LogP contribution is 2.25. The molecule has 0 saturated carbocycles. The molecule has 2 aliphatic heterocycles. The fourth-order valence-corrected chi connectivity index (χ4v) is 4.88. The summed E-state index contributed by atoms with van der Waals surface area (Å²) in [7, 11) is 3.77. The number of hydrogen-bond acceptors (Lipinski definition) is 6. The third-order valence-corrected chi connectivity index (χ3v) is 6.87. The van der Waals surface area contributed by atoms with Crippen LogP contribution >= 0.6 is 0 Å². The quantitative estimate of drug-likeness (QED) is 0.662. The average molecular weight is 486 g/mol. The molecule has 2 fully saturated rings. The van der Waals surface area contributed by atoms with Crippen molar-refractivity contribution in [3.8, 4) is 0 Å². The number of imide groups is 1. The summed E-state index contributed by atoms with van der Waals surface area (Å²) in [6.45, 7) is 7.65. The highest BCUT2D eigenvalue weighted by molar-refractivity contribution is 6.00. The number of piperazine rings is 1. The first kappa shape index (κ1) is 25.0. The number of nitrogens with one attached hydrogen (secondary N) is 1. The summed E-state index contributed by atoms with van der Waals surface area (Å²) in [6.07, 6.45) is 1.88. The molecule has 3 heterocycles. The Morgan fingerprint density at radius 3 is 2.54 bits per heavy atom. The monoisotopic (exact) mass is 485 g/mol. The molecule has 2 atom stereocenters. The van der Waals surface area contributed by atoms with Crippen molar-refractivity contribution in [2.45, 2.75) is 64.1 Å². The number of fused-ring (bicyclic) bond motifs is 1. The highest BCUT2D eigenvalue weighted by atomic mass is 16.6. The van der Waals surface area contributed by atoms with Crippen molar-refractivity contribution in [1.82, 2.24) is 24.3 Å². The Labute approximate surface area is 204 Å². The van der Waals surface area contributed by atoms with Gasteiger partial charge in [0.05, 0.1) is 11.0 Å². The Kier molecular flexibility index (Phi) is 6.77. The number of carbonyl (C=O) groups excluding carboxylic acids is 3. The molecule has 2 aromatic rings. The number of nitrogens with zero attached hydrogens (tertiary/aromatic N) is 4. The van der Waals surface area contributed by atoms with Crippen molar-refractivity contribution in [2.24, 2.45) is 7.05 Å². The number of imidazole rings is 1. The lowest BCUT2D eigenvalue weighted by molar-refractivity contribution is -0.135. The Morgan fingerprint density at radius 2 is 1.86 bits per heavy atom. The van der Waals surface area contributed by atoms with E-state index in [-0.39, 0.29) is 30.2 Å². The minimum Gasteiger partial charge on any atom is -0.444 e. The van der Waals surface area contributed by atoms with E-state index in [0.717, 1.165) is 30.5 Å². The molecule has 10 heteroatoms. The lowest BCUT2D eigenvalue weighted by Gasteiger charge is -2.40. The van der Waals surface area contributed by atoms with Crippen LogP contribution < -0.4 is 11.0 Å². The van der Waals surface area contributed by atoms with Crippen molar-refractivity contribution < 1.29 is 19.1 Å². The molecule has 4 rings (SSSR count). The first-order valence-corrected chi connectivity index (χ1v) is 12.2. The van der Waals surface area contributed by atoms with Crippen LogP contribution in [0.5, 0.6) is 0 Å². The maximum atomic E-state index is 13.0. The number of aromatic nitrogens is 2. The molecule has 190 valence electrons. The molecule has 1 N–H and O–H groups in total. The van der Waals surface area contributed by atoms with Gasteiger partial charge in [-0.05, 0) is 64.8 Å². The fraction of sp³-hybridized carbons (Fsp3) is 0.600. The molecule has 0 radical (unpaired) electrons. The molecule has 3 amide bonds. The van der Waals surface area contributed by atoms with Gasteiger partial charge in [-0.15, -0.1) is 0 Å². The number of benzene rings is 1. The van der Waals surface area contributed by atoms with Crippen LogP contribution in [-0.4, -0.2) is 75.2 Å². The number of ether oxygens (including phenoxy) is 1. The van der Waals surface area contributed by atoms with Crippen molar-refractivity contribution in [2.75, 3.05) is 26.7 Å². The first-order valence-electron chi connectivity index (χ1n) is 12.2. The van der Waals surface area contributed by atoms with Crippen LogP contribution in [0.4, 0.5) is 4.79 Å². The topological polar surface area (TPSA) is 106 Å². The first-order chi connectivity index (χ1) is 16.4. The maximum absolute atomic E-state index is 13.0. The highest BCUT2D eigenvalue weighted by Gasteiger charge is 2.32. The van der Waals surface area contributed by atoms with Crippen LogP contribution in [0.25, 0.3) is 11.0 Å². The van der Waals surface area contributed by atoms with E-state index in [1.165, 1.54) is 4.57 Å². The van der Waals surface area contributed by atoms with Gasteiger partial charge in [-0.3, -0.25) is 28.9 Å². The van der Waals surface area contributed by atoms with Crippen LogP contribution in [0, 0.1) is 0 Å². The van der Waals surface area contributed by atoms with Gasteiger partial charge in [0.2, 0.25) is 11.8 Å². The minimum atomic E-state index is -0.690. The Balaban J connectivity index is 1.49. The van der Waals surface area contributed by atoms with Crippen molar-refractivity contribution >= 4 is 28.9 Å². The molecule has 1 aromatic carbocycles. The molecular formula is C25H35N5O5. The summed E-state index contributed by atoms with van der Waals surface area (Å²) in [5.41, 5.74) is 1.72. The van der Waals surface area contributed by atoms with E-state index in [9.17, 15) is 19.2 Å². The normalized spacial score (nSPS) is 21.9. The van der Waals surface area contributed by atoms with Gasteiger partial charge >= 0.3 is 11.8 Å². The molecule has 10 nitrogen and oxygen atoms in total. The molecule has 0 bridgehead atoms. The fourth-order valence-electron chi connectivity index (χ4n) is 4.88. The van der Waals surface area contributed by atoms with Gasteiger partial charge in [0.25, 0.3) is 0 Å². The van der Waals surface area contributed by atoms with Crippen LogP contribution in [0.2, 0.25) is 0 Å². The Hall–Kier alpha value is -3.14. The van der Waals surface area contributed by atoms with Crippen molar-refractivity contribution in [3.63, 3.8) is 0 Å². The lowest BCUT2D eigenvalue weighted by atomic mass is 10.0. The smallest absolute Gasteiger partial charge is 0.410 e. The summed E-state index contributed by atoms with van der Waals surface area (Å²) >= 11 is 0.